The Kier molecular flexibility index (Phi) is 0.866. The SMILES string of the molecule is O[C@@H]1CC2CC[C@H]1N2. The summed E-state index contributed by atoms with van der Waals surface area (Å²) >= 11 is 0. The highest BCUT2D eigenvalue weighted by molar-refractivity contribution is 4.97. The lowest BCUT2D eigenvalue weighted by Gasteiger charge is -2.12. The molecular weight excluding hydrogens is 102 g/mol. The van der Waals surface area contributed by atoms with Crippen LogP contribution in [0.3, 0.4) is 0 Å². The van der Waals surface area contributed by atoms with Crippen molar-refractivity contribution in [3.05, 3.63) is 0 Å². The van der Waals surface area contributed by atoms with Crippen LogP contribution in [-0.4, -0.2) is 23.3 Å². The predicted molar refractivity (Wildman–Crippen MR) is 30.6 cm³/mol. The standard InChI is InChI=1S/C6H11NO/c8-6-3-4-1-2-5(6)7-4/h4-8H,1-3H2/t4?,5-,6-/m1/s1. The van der Waals surface area contributed by atoms with Crippen LogP contribution in [0.1, 0.15) is 19.3 Å². The van der Waals surface area contributed by atoms with Crippen LogP contribution in [-0.2, 0) is 0 Å². The van der Waals surface area contributed by atoms with Gasteiger partial charge in [-0.05, 0) is 19.3 Å². The summed E-state index contributed by atoms with van der Waals surface area (Å²) in [4.78, 5) is 0. The zero-order chi connectivity index (χ0) is 5.56. The molecular formula is C6H11NO. The lowest BCUT2D eigenvalue weighted by atomic mass is 9.98. The van der Waals surface area contributed by atoms with Gasteiger partial charge in [0, 0.05) is 12.1 Å². The number of hydrogen-bond donors (Lipinski definition) is 2. The van der Waals surface area contributed by atoms with E-state index in [1.54, 1.807) is 0 Å². The summed E-state index contributed by atoms with van der Waals surface area (Å²) in [6.45, 7) is 0. The molecule has 0 aliphatic carbocycles. The summed E-state index contributed by atoms with van der Waals surface area (Å²) in [5.74, 6) is 0. The van der Waals surface area contributed by atoms with Crippen LogP contribution < -0.4 is 5.32 Å². The van der Waals surface area contributed by atoms with E-state index in [2.05, 4.69) is 5.32 Å². The highest BCUT2D eigenvalue weighted by Crippen LogP contribution is 2.27. The molecule has 0 radical (unpaired) electrons. The molecule has 0 aromatic rings. The maximum absolute atomic E-state index is 9.16. The second kappa shape index (κ2) is 1.45. The van der Waals surface area contributed by atoms with Crippen molar-refractivity contribution in [2.45, 2.75) is 37.5 Å². The first-order chi connectivity index (χ1) is 3.86. The number of aliphatic hydroxyl groups is 1. The minimum absolute atomic E-state index is 0.0336. The van der Waals surface area contributed by atoms with Gasteiger partial charge in [0.25, 0.3) is 0 Å². The Morgan fingerprint density at radius 1 is 1.38 bits per heavy atom. The monoisotopic (exact) mass is 113 g/mol. The summed E-state index contributed by atoms with van der Waals surface area (Å²) in [5, 5.41) is 12.5. The Bertz CT molecular complexity index is 103. The van der Waals surface area contributed by atoms with E-state index >= 15 is 0 Å². The molecule has 2 N–H and O–H groups in total. The Hall–Kier alpha value is -0.0800. The van der Waals surface area contributed by atoms with Gasteiger partial charge in [0.05, 0.1) is 6.10 Å². The Labute approximate surface area is 48.9 Å². The first kappa shape index (κ1) is 4.77. The molecule has 46 valence electrons. The van der Waals surface area contributed by atoms with E-state index in [1.807, 2.05) is 0 Å². The minimum atomic E-state index is -0.0336. The second-order valence-corrected chi connectivity index (χ2v) is 2.85. The van der Waals surface area contributed by atoms with E-state index < -0.39 is 0 Å². The molecule has 2 fully saturated rings. The highest BCUT2D eigenvalue weighted by atomic mass is 16.3. The van der Waals surface area contributed by atoms with Gasteiger partial charge >= 0.3 is 0 Å². The van der Waals surface area contributed by atoms with E-state index in [0.29, 0.717) is 12.1 Å². The fourth-order valence-electron chi connectivity index (χ4n) is 1.80. The molecule has 2 rings (SSSR count). The fraction of sp³-hybridized carbons (Fsp3) is 1.00. The molecule has 0 aromatic carbocycles. The van der Waals surface area contributed by atoms with Crippen molar-refractivity contribution in [2.24, 2.45) is 0 Å². The molecule has 2 saturated heterocycles. The molecule has 2 heterocycles. The van der Waals surface area contributed by atoms with Gasteiger partial charge in [-0.25, -0.2) is 0 Å². The van der Waals surface area contributed by atoms with E-state index in [0.717, 1.165) is 6.42 Å². The van der Waals surface area contributed by atoms with Crippen LogP contribution in [0.4, 0.5) is 0 Å². The van der Waals surface area contributed by atoms with Gasteiger partial charge in [0.2, 0.25) is 0 Å². The van der Waals surface area contributed by atoms with E-state index in [-0.39, 0.29) is 6.10 Å². The first-order valence-electron chi connectivity index (χ1n) is 3.30. The van der Waals surface area contributed by atoms with Gasteiger partial charge in [-0.15, -0.1) is 0 Å². The molecule has 0 aromatic heterocycles. The van der Waals surface area contributed by atoms with Crippen molar-refractivity contribution in [2.75, 3.05) is 0 Å². The zero-order valence-electron chi connectivity index (χ0n) is 4.80. The highest BCUT2D eigenvalue weighted by Gasteiger charge is 2.37. The molecule has 8 heavy (non-hydrogen) atoms. The third-order valence-electron chi connectivity index (χ3n) is 2.27. The average molecular weight is 113 g/mol. The third kappa shape index (κ3) is 0.501. The van der Waals surface area contributed by atoms with Crippen LogP contribution in [0.5, 0.6) is 0 Å². The molecule has 2 aliphatic heterocycles. The summed E-state index contributed by atoms with van der Waals surface area (Å²) in [7, 11) is 0. The van der Waals surface area contributed by atoms with Gasteiger partial charge in [-0.2, -0.15) is 0 Å². The second-order valence-electron chi connectivity index (χ2n) is 2.85. The summed E-state index contributed by atoms with van der Waals surface area (Å²) in [6.07, 6.45) is 3.42. The molecule has 2 heteroatoms. The lowest BCUT2D eigenvalue weighted by molar-refractivity contribution is 0.145. The topological polar surface area (TPSA) is 32.3 Å². The summed E-state index contributed by atoms with van der Waals surface area (Å²) in [6, 6.07) is 1.09. The maximum Gasteiger partial charge on any atom is 0.0708 e. The number of fused-ring (bicyclic) bond motifs is 2. The van der Waals surface area contributed by atoms with Crippen LogP contribution in [0.15, 0.2) is 0 Å². The largest absolute Gasteiger partial charge is 0.391 e. The molecule has 0 amide bonds. The Morgan fingerprint density at radius 2 is 2.25 bits per heavy atom. The molecule has 1 unspecified atom stereocenters. The van der Waals surface area contributed by atoms with E-state index in [4.69, 9.17) is 5.11 Å². The van der Waals surface area contributed by atoms with Crippen LogP contribution in [0.2, 0.25) is 0 Å². The van der Waals surface area contributed by atoms with Crippen molar-refractivity contribution in [3.63, 3.8) is 0 Å². The smallest absolute Gasteiger partial charge is 0.0708 e. The number of rotatable bonds is 0. The van der Waals surface area contributed by atoms with Gasteiger partial charge in [-0.3, -0.25) is 0 Å². The number of hydrogen-bond acceptors (Lipinski definition) is 2. The van der Waals surface area contributed by atoms with Crippen LogP contribution >= 0.6 is 0 Å². The van der Waals surface area contributed by atoms with E-state index in [9.17, 15) is 0 Å². The minimum Gasteiger partial charge on any atom is -0.391 e. The quantitative estimate of drug-likeness (QED) is 0.458. The molecule has 0 saturated carbocycles. The molecule has 2 nitrogen and oxygen atoms in total. The molecule has 0 spiro atoms. The summed E-state index contributed by atoms with van der Waals surface area (Å²) in [5.41, 5.74) is 0. The van der Waals surface area contributed by atoms with Gasteiger partial charge < -0.3 is 10.4 Å². The zero-order valence-corrected chi connectivity index (χ0v) is 4.80. The van der Waals surface area contributed by atoms with Crippen LogP contribution in [0, 0.1) is 0 Å². The fourth-order valence-corrected chi connectivity index (χ4v) is 1.80. The predicted octanol–water partition coefficient (Wildman–Crippen LogP) is -0.128. The van der Waals surface area contributed by atoms with Crippen molar-refractivity contribution in [1.82, 2.24) is 5.32 Å². The number of aliphatic hydroxyl groups excluding tert-OH is 1. The molecule has 3 atom stereocenters. The van der Waals surface area contributed by atoms with Gasteiger partial charge in [-0.1, -0.05) is 0 Å². The van der Waals surface area contributed by atoms with Crippen molar-refractivity contribution in [1.29, 1.82) is 0 Å². The molecule has 2 aliphatic rings. The average Bonchev–Trinajstić information content (AvgIpc) is 2.23. The normalized spacial score (nSPS) is 52.9. The van der Waals surface area contributed by atoms with Crippen molar-refractivity contribution >= 4 is 0 Å². The van der Waals surface area contributed by atoms with Crippen molar-refractivity contribution in [3.8, 4) is 0 Å². The molecule has 2 bridgehead atoms. The Morgan fingerprint density at radius 3 is 2.50 bits per heavy atom. The number of nitrogens with one attached hydrogen (secondary N) is 1. The van der Waals surface area contributed by atoms with E-state index in [1.165, 1.54) is 12.8 Å². The summed E-state index contributed by atoms with van der Waals surface area (Å²) < 4.78 is 0. The first-order valence-corrected chi connectivity index (χ1v) is 3.30. The van der Waals surface area contributed by atoms with Gasteiger partial charge in [0.1, 0.15) is 0 Å². The lowest BCUT2D eigenvalue weighted by Crippen LogP contribution is -2.26. The van der Waals surface area contributed by atoms with Crippen molar-refractivity contribution < 1.29 is 5.11 Å². The third-order valence-corrected chi connectivity index (χ3v) is 2.27. The Balaban J connectivity index is 2.11. The maximum atomic E-state index is 9.16. The van der Waals surface area contributed by atoms with Crippen LogP contribution in [0.25, 0.3) is 0 Å². The van der Waals surface area contributed by atoms with Gasteiger partial charge in [0.15, 0.2) is 0 Å².